The summed E-state index contributed by atoms with van der Waals surface area (Å²) in [6, 6.07) is 9.06. The van der Waals surface area contributed by atoms with Gasteiger partial charge in [0.05, 0.1) is 23.2 Å². The molecule has 1 aromatic rings. The van der Waals surface area contributed by atoms with Gasteiger partial charge < -0.3 is 4.90 Å². The second kappa shape index (κ2) is 3.79. The first kappa shape index (κ1) is 10.9. The van der Waals surface area contributed by atoms with E-state index in [1.165, 1.54) is 6.07 Å². The van der Waals surface area contributed by atoms with E-state index in [0.29, 0.717) is 5.69 Å². The predicted molar refractivity (Wildman–Crippen MR) is 61.5 cm³/mol. The van der Waals surface area contributed by atoms with Crippen LogP contribution >= 0.6 is 0 Å². The molecular formula is C13H15FN2. The quantitative estimate of drug-likeness (QED) is 0.724. The van der Waals surface area contributed by atoms with E-state index < -0.39 is 0 Å². The Bertz CT molecular complexity index is 434. The minimum absolute atomic E-state index is 0.0351. The molecule has 16 heavy (non-hydrogen) atoms. The van der Waals surface area contributed by atoms with Gasteiger partial charge in [-0.05, 0) is 32.4 Å². The summed E-state index contributed by atoms with van der Waals surface area (Å²) in [5.74, 6) is -0.249. The van der Waals surface area contributed by atoms with Crippen LogP contribution in [0, 0.1) is 23.1 Å². The van der Waals surface area contributed by atoms with E-state index in [1.54, 1.807) is 12.1 Å². The molecule has 2 rings (SSSR count). The maximum atomic E-state index is 13.7. The molecular weight excluding hydrogens is 203 g/mol. The van der Waals surface area contributed by atoms with Crippen molar-refractivity contribution in [2.45, 2.75) is 25.8 Å². The van der Waals surface area contributed by atoms with Crippen LogP contribution in [0.5, 0.6) is 0 Å². The topological polar surface area (TPSA) is 27.0 Å². The maximum Gasteiger partial charge on any atom is 0.146 e. The van der Waals surface area contributed by atoms with Crippen molar-refractivity contribution in [2.75, 3.05) is 11.4 Å². The highest BCUT2D eigenvalue weighted by molar-refractivity contribution is 5.52. The van der Waals surface area contributed by atoms with Crippen LogP contribution < -0.4 is 4.90 Å². The fourth-order valence-corrected chi connectivity index (χ4v) is 2.41. The lowest BCUT2D eigenvalue weighted by Gasteiger charge is -2.35. The molecule has 1 aliphatic rings. The molecule has 1 fully saturated rings. The molecule has 1 unspecified atom stereocenters. The molecule has 1 saturated heterocycles. The Labute approximate surface area is 95.3 Å². The van der Waals surface area contributed by atoms with Crippen LogP contribution in [0.25, 0.3) is 0 Å². The molecule has 0 saturated carbocycles. The zero-order valence-corrected chi connectivity index (χ0v) is 9.57. The maximum absolute atomic E-state index is 13.7. The summed E-state index contributed by atoms with van der Waals surface area (Å²) in [7, 11) is 0. The zero-order valence-electron chi connectivity index (χ0n) is 9.57. The summed E-state index contributed by atoms with van der Waals surface area (Å²) in [6.45, 7) is 4.74. The molecule has 0 N–H and O–H groups in total. The molecule has 0 spiro atoms. The lowest BCUT2D eigenvalue weighted by molar-refractivity contribution is 0.434. The van der Waals surface area contributed by atoms with Gasteiger partial charge in [0.25, 0.3) is 0 Å². The summed E-state index contributed by atoms with van der Waals surface area (Å²) < 4.78 is 13.7. The highest BCUT2D eigenvalue weighted by Gasteiger charge is 2.42. The van der Waals surface area contributed by atoms with Gasteiger partial charge >= 0.3 is 0 Å². The van der Waals surface area contributed by atoms with Crippen LogP contribution in [0.15, 0.2) is 24.3 Å². The highest BCUT2D eigenvalue weighted by Crippen LogP contribution is 2.38. The van der Waals surface area contributed by atoms with Crippen LogP contribution in [0.2, 0.25) is 0 Å². The minimum Gasteiger partial charge on any atom is -0.363 e. The lowest BCUT2D eigenvalue weighted by Crippen LogP contribution is -2.42. The van der Waals surface area contributed by atoms with Gasteiger partial charge in [-0.1, -0.05) is 12.1 Å². The van der Waals surface area contributed by atoms with Gasteiger partial charge in [-0.15, -0.1) is 0 Å². The summed E-state index contributed by atoms with van der Waals surface area (Å²) in [5.41, 5.74) is 0.307. The summed E-state index contributed by atoms with van der Waals surface area (Å²) in [6.07, 6.45) is 0.803. The van der Waals surface area contributed by atoms with Gasteiger partial charge in [-0.2, -0.15) is 5.26 Å². The SMILES string of the molecule is CC1(C)C(C#N)CCN1c1ccccc1F. The van der Waals surface area contributed by atoms with Gasteiger partial charge in [-0.3, -0.25) is 0 Å². The third-order valence-corrected chi connectivity index (χ3v) is 3.49. The second-order valence-electron chi connectivity index (χ2n) is 4.73. The smallest absolute Gasteiger partial charge is 0.146 e. The second-order valence-corrected chi connectivity index (χ2v) is 4.73. The van der Waals surface area contributed by atoms with Gasteiger partial charge in [0.15, 0.2) is 0 Å². The van der Waals surface area contributed by atoms with Crippen LogP contribution in [0.1, 0.15) is 20.3 Å². The predicted octanol–water partition coefficient (Wildman–Crippen LogP) is 2.95. The number of nitriles is 1. The minimum atomic E-state index is -0.295. The molecule has 1 aromatic carbocycles. The summed E-state index contributed by atoms with van der Waals surface area (Å²) in [5, 5.41) is 9.07. The number of para-hydroxylation sites is 1. The van der Waals surface area contributed by atoms with Crippen molar-refractivity contribution in [1.29, 1.82) is 5.26 Å². The monoisotopic (exact) mass is 218 g/mol. The molecule has 0 radical (unpaired) electrons. The lowest BCUT2D eigenvalue weighted by atomic mass is 9.89. The van der Waals surface area contributed by atoms with Crippen molar-refractivity contribution in [3.05, 3.63) is 30.1 Å². The number of rotatable bonds is 1. The van der Waals surface area contributed by atoms with E-state index in [4.69, 9.17) is 5.26 Å². The van der Waals surface area contributed by atoms with E-state index in [2.05, 4.69) is 6.07 Å². The van der Waals surface area contributed by atoms with Crippen molar-refractivity contribution in [1.82, 2.24) is 0 Å². The van der Waals surface area contributed by atoms with Crippen molar-refractivity contribution < 1.29 is 4.39 Å². The molecule has 0 amide bonds. The number of nitrogens with zero attached hydrogens (tertiary/aromatic N) is 2. The third-order valence-electron chi connectivity index (χ3n) is 3.49. The molecule has 0 aromatic heterocycles. The van der Waals surface area contributed by atoms with Crippen LogP contribution in [0.3, 0.4) is 0 Å². The zero-order chi connectivity index (χ0) is 11.8. The van der Waals surface area contributed by atoms with Gasteiger partial charge in [0, 0.05) is 6.54 Å². The van der Waals surface area contributed by atoms with Crippen LogP contribution in [-0.2, 0) is 0 Å². The molecule has 0 aliphatic carbocycles. The van der Waals surface area contributed by atoms with Gasteiger partial charge in [-0.25, -0.2) is 4.39 Å². The van der Waals surface area contributed by atoms with E-state index in [0.717, 1.165) is 13.0 Å². The van der Waals surface area contributed by atoms with E-state index in [9.17, 15) is 4.39 Å². The van der Waals surface area contributed by atoms with Gasteiger partial charge in [0.1, 0.15) is 5.82 Å². The molecule has 2 nitrogen and oxygen atoms in total. The largest absolute Gasteiger partial charge is 0.363 e. The molecule has 1 aliphatic heterocycles. The molecule has 1 atom stereocenters. The fourth-order valence-electron chi connectivity index (χ4n) is 2.41. The molecule has 0 bridgehead atoms. The number of halogens is 1. The Morgan fingerprint density at radius 3 is 2.69 bits per heavy atom. The van der Waals surface area contributed by atoms with Crippen molar-refractivity contribution >= 4 is 5.69 Å². The van der Waals surface area contributed by atoms with Crippen LogP contribution in [0.4, 0.5) is 10.1 Å². The average molecular weight is 218 g/mol. The first-order chi connectivity index (χ1) is 7.57. The van der Waals surface area contributed by atoms with Gasteiger partial charge in [0.2, 0.25) is 0 Å². The fraction of sp³-hybridized carbons (Fsp3) is 0.462. The standard InChI is InChI=1S/C13H15FN2/c1-13(2)10(9-15)7-8-16(13)12-6-4-3-5-11(12)14/h3-6,10H,7-8H2,1-2H3. The van der Waals surface area contributed by atoms with Crippen molar-refractivity contribution in [3.63, 3.8) is 0 Å². The first-order valence-corrected chi connectivity index (χ1v) is 5.49. The van der Waals surface area contributed by atoms with E-state index >= 15 is 0 Å². The third kappa shape index (κ3) is 1.55. The first-order valence-electron chi connectivity index (χ1n) is 5.49. The number of benzene rings is 1. The van der Waals surface area contributed by atoms with E-state index in [1.807, 2.05) is 24.8 Å². The number of hydrogen-bond acceptors (Lipinski definition) is 2. The Morgan fingerprint density at radius 2 is 2.12 bits per heavy atom. The highest BCUT2D eigenvalue weighted by atomic mass is 19.1. The van der Waals surface area contributed by atoms with Crippen molar-refractivity contribution in [2.24, 2.45) is 5.92 Å². The van der Waals surface area contributed by atoms with Crippen LogP contribution in [-0.4, -0.2) is 12.1 Å². The number of hydrogen-bond donors (Lipinski definition) is 0. The van der Waals surface area contributed by atoms with E-state index in [-0.39, 0.29) is 17.3 Å². The Kier molecular flexibility index (Phi) is 2.59. The molecule has 84 valence electrons. The summed E-state index contributed by atoms with van der Waals surface area (Å²) in [4.78, 5) is 2.00. The Balaban J connectivity index is 2.38. The average Bonchev–Trinajstić information content (AvgIpc) is 2.54. The molecule has 1 heterocycles. The summed E-state index contributed by atoms with van der Waals surface area (Å²) >= 11 is 0. The normalized spacial score (nSPS) is 23.1. The Hall–Kier alpha value is -1.56. The Morgan fingerprint density at radius 1 is 1.44 bits per heavy atom. The van der Waals surface area contributed by atoms with Crippen molar-refractivity contribution in [3.8, 4) is 6.07 Å². The number of anilines is 1. The molecule has 3 heteroatoms.